The van der Waals surface area contributed by atoms with Gasteiger partial charge in [0, 0.05) is 0 Å². The van der Waals surface area contributed by atoms with E-state index in [0.29, 0.717) is 52.9 Å². The third kappa shape index (κ3) is 5.86. The van der Waals surface area contributed by atoms with Crippen LogP contribution in [0.3, 0.4) is 0 Å². The molecular formula is C15H24O5Si. The zero-order valence-corrected chi connectivity index (χ0v) is 13.6. The molecule has 0 spiro atoms. The second kappa shape index (κ2) is 9.29. The summed E-state index contributed by atoms with van der Waals surface area (Å²) in [6.07, 6.45) is 0. The van der Waals surface area contributed by atoms with Gasteiger partial charge in [-0.2, -0.15) is 0 Å². The van der Waals surface area contributed by atoms with Gasteiger partial charge in [-0.3, -0.25) is 0 Å². The maximum Gasteiger partial charge on any atom is 0.369 e. The molecule has 0 aliphatic carbocycles. The lowest BCUT2D eigenvalue weighted by atomic mass is 10.4. The Morgan fingerprint density at radius 2 is 1.10 bits per heavy atom. The summed E-state index contributed by atoms with van der Waals surface area (Å²) in [6.45, 7) is 6.56. The molecule has 118 valence electrons. The molecule has 0 N–H and O–H groups in total. The van der Waals surface area contributed by atoms with Crippen LogP contribution in [-0.4, -0.2) is 61.4 Å². The SMILES string of the molecule is C[Si]1(c2ccccc2)OCCOCCOCCOCCO1. The highest BCUT2D eigenvalue weighted by Gasteiger charge is 2.34. The van der Waals surface area contributed by atoms with Crippen molar-refractivity contribution in [2.75, 3.05) is 52.9 Å². The minimum atomic E-state index is -2.41. The van der Waals surface area contributed by atoms with Crippen molar-refractivity contribution in [3.8, 4) is 0 Å². The Kier molecular flexibility index (Phi) is 7.35. The van der Waals surface area contributed by atoms with Gasteiger partial charge in [-0.15, -0.1) is 0 Å². The summed E-state index contributed by atoms with van der Waals surface area (Å²) in [4.78, 5) is 0. The van der Waals surface area contributed by atoms with E-state index in [0.717, 1.165) is 5.19 Å². The van der Waals surface area contributed by atoms with Gasteiger partial charge in [-0.05, 0) is 11.7 Å². The van der Waals surface area contributed by atoms with E-state index in [1.165, 1.54) is 0 Å². The van der Waals surface area contributed by atoms with Crippen LogP contribution in [0.25, 0.3) is 0 Å². The van der Waals surface area contributed by atoms with Gasteiger partial charge in [0.15, 0.2) is 0 Å². The van der Waals surface area contributed by atoms with Crippen molar-refractivity contribution in [1.82, 2.24) is 0 Å². The fourth-order valence-corrected chi connectivity index (χ4v) is 4.24. The normalized spacial score (nSPS) is 22.3. The van der Waals surface area contributed by atoms with Crippen molar-refractivity contribution < 1.29 is 23.1 Å². The van der Waals surface area contributed by atoms with E-state index in [4.69, 9.17) is 23.1 Å². The van der Waals surface area contributed by atoms with Gasteiger partial charge in [-0.25, -0.2) is 0 Å². The lowest BCUT2D eigenvalue weighted by Gasteiger charge is -2.27. The van der Waals surface area contributed by atoms with E-state index < -0.39 is 8.56 Å². The zero-order chi connectivity index (χ0) is 14.8. The Morgan fingerprint density at radius 1 is 0.667 bits per heavy atom. The topological polar surface area (TPSA) is 46.2 Å². The second-order valence-electron chi connectivity index (χ2n) is 4.85. The molecule has 1 aliphatic heterocycles. The summed E-state index contributed by atoms with van der Waals surface area (Å²) in [5, 5.41) is 1.13. The van der Waals surface area contributed by atoms with E-state index in [1.807, 2.05) is 18.2 Å². The van der Waals surface area contributed by atoms with Crippen molar-refractivity contribution in [2.45, 2.75) is 6.55 Å². The van der Waals surface area contributed by atoms with E-state index >= 15 is 0 Å². The Hall–Kier alpha value is -0.763. The van der Waals surface area contributed by atoms with Crippen LogP contribution in [0.5, 0.6) is 0 Å². The molecule has 0 radical (unpaired) electrons. The summed E-state index contributed by atoms with van der Waals surface area (Å²) in [6, 6.07) is 10.1. The smallest absolute Gasteiger partial charge is 0.369 e. The predicted octanol–water partition coefficient (Wildman–Crippen LogP) is 1.06. The second-order valence-corrected chi connectivity index (χ2v) is 7.89. The average molecular weight is 312 g/mol. The minimum Gasteiger partial charge on any atom is -0.389 e. The van der Waals surface area contributed by atoms with E-state index in [1.54, 1.807) is 0 Å². The maximum absolute atomic E-state index is 6.06. The highest BCUT2D eigenvalue weighted by molar-refractivity contribution is 6.79. The van der Waals surface area contributed by atoms with Gasteiger partial charge in [0.25, 0.3) is 0 Å². The Balaban J connectivity index is 1.95. The molecular weight excluding hydrogens is 288 g/mol. The number of hydrogen-bond donors (Lipinski definition) is 0. The molecule has 0 unspecified atom stereocenters. The van der Waals surface area contributed by atoms with Crippen LogP contribution in [0.4, 0.5) is 0 Å². The largest absolute Gasteiger partial charge is 0.389 e. The monoisotopic (exact) mass is 312 g/mol. The lowest BCUT2D eigenvalue weighted by molar-refractivity contribution is -0.00615. The van der Waals surface area contributed by atoms with E-state index in [9.17, 15) is 0 Å². The van der Waals surface area contributed by atoms with Crippen LogP contribution in [0.1, 0.15) is 0 Å². The first-order valence-corrected chi connectivity index (χ1v) is 9.69. The maximum atomic E-state index is 6.06. The lowest BCUT2D eigenvalue weighted by Crippen LogP contribution is -2.52. The van der Waals surface area contributed by atoms with Crippen LogP contribution in [0.2, 0.25) is 6.55 Å². The molecule has 0 amide bonds. The molecule has 1 saturated heterocycles. The van der Waals surface area contributed by atoms with Crippen LogP contribution in [0.15, 0.2) is 30.3 Å². The third-order valence-electron chi connectivity index (χ3n) is 3.25. The molecule has 0 atom stereocenters. The van der Waals surface area contributed by atoms with Gasteiger partial charge in [-0.1, -0.05) is 30.3 Å². The number of hydrogen-bond acceptors (Lipinski definition) is 5. The van der Waals surface area contributed by atoms with Gasteiger partial charge >= 0.3 is 8.56 Å². The minimum absolute atomic E-state index is 0.526. The van der Waals surface area contributed by atoms with Crippen LogP contribution in [-0.2, 0) is 23.1 Å². The average Bonchev–Trinajstić information content (AvgIpc) is 2.52. The van der Waals surface area contributed by atoms with E-state index in [-0.39, 0.29) is 0 Å². The Morgan fingerprint density at radius 3 is 1.57 bits per heavy atom. The zero-order valence-electron chi connectivity index (χ0n) is 12.6. The quantitative estimate of drug-likeness (QED) is 0.726. The van der Waals surface area contributed by atoms with Crippen molar-refractivity contribution in [1.29, 1.82) is 0 Å². The molecule has 1 aromatic rings. The Labute approximate surface area is 127 Å². The van der Waals surface area contributed by atoms with Crippen molar-refractivity contribution in [3.05, 3.63) is 30.3 Å². The molecule has 0 aromatic heterocycles. The van der Waals surface area contributed by atoms with Crippen LogP contribution < -0.4 is 5.19 Å². The molecule has 6 heteroatoms. The number of benzene rings is 1. The molecule has 2 rings (SSSR count). The van der Waals surface area contributed by atoms with Crippen molar-refractivity contribution in [3.63, 3.8) is 0 Å². The Bertz CT molecular complexity index is 373. The molecule has 1 heterocycles. The fourth-order valence-electron chi connectivity index (χ4n) is 2.08. The molecule has 0 bridgehead atoms. The van der Waals surface area contributed by atoms with E-state index in [2.05, 4.69) is 18.7 Å². The van der Waals surface area contributed by atoms with Crippen LogP contribution in [0, 0.1) is 0 Å². The van der Waals surface area contributed by atoms with Gasteiger partial charge in [0.05, 0.1) is 52.9 Å². The molecule has 21 heavy (non-hydrogen) atoms. The number of ether oxygens (including phenoxy) is 3. The van der Waals surface area contributed by atoms with Gasteiger partial charge < -0.3 is 23.1 Å². The van der Waals surface area contributed by atoms with Gasteiger partial charge in [0.1, 0.15) is 0 Å². The van der Waals surface area contributed by atoms with Crippen molar-refractivity contribution >= 4 is 13.7 Å². The fraction of sp³-hybridized carbons (Fsp3) is 0.600. The first-order chi connectivity index (χ1) is 10.3. The first-order valence-electron chi connectivity index (χ1n) is 7.38. The summed E-state index contributed by atoms with van der Waals surface area (Å²) in [7, 11) is -2.41. The summed E-state index contributed by atoms with van der Waals surface area (Å²) >= 11 is 0. The number of rotatable bonds is 1. The first kappa shape index (κ1) is 16.6. The molecule has 1 aliphatic rings. The van der Waals surface area contributed by atoms with Crippen molar-refractivity contribution in [2.24, 2.45) is 0 Å². The predicted molar refractivity (Wildman–Crippen MR) is 82.1 cm³/mol. The summed E-state index contributed by atoms with van der Waals surface area (Å²) in [5.74, 6) is 0. The molecule has 5 nitrogen and oxygen atoms in total. The summed E-state index contributed by atoms with van der Waals surface area (Å²) in [5.41, 5.74) is 0. The standard InChI is InChI=1S/C15H24O5Si/c1-21(15-5-3-2-4-6-15)19-13-11-17-9-7-16-8-10-18-12-14-20-21/h2-6H,7-14H2,1H3. The third-order valence-corrected chi connectivity index (χ3v) is 6.14. The van der Waals surface area contributed by atoms with Crippen LogP contribution >= 0.6 is 0 Å². The molecule has 1 fully saturated rings. The highest BCUT2D eigenvalue weighted by Crippen LogP contribution is 2.08. The highest BCUT2D eigenvalue weighted by atomic mass is 28.4. The molecule has 1 aromatic carbocycles. The summed E-state index contributed by atoms with van der Waals surface area (Å²) < 4.78 is 28.4. The van der Waals surface area contributed by atoms with Gasteiger partial charge in [0.2, 0.25) is 0 Å². The molecule has 0 saturated carbocycles.